The van der Waals surface area contributed by atoms with Crippen molar-refractivity contribution < 1.29 is 13.9 Å². The number of carbonyl (C=O) groups is 1. The lowest BCUT2D eigenvalue weighted by molar-refractivity contribution is -0.117. The SMILES string of the molecule is COc1cc(F)ccc1-c1ccnc(-c2cnccc2CC(N)=O)c1. The van der Waals surface area contributed by atoms with Crippen LogP contribution in [0.2, 0.25) is 0 Å². The van der Waals surface area contributed by atoms with Gasteiger partial charge in [0.1, 0.15) is 11.6 Å². The van der Waals surface area contributed by atoms with Crippen LogP contribution in [0.4, 0.5) is 4.39 Å². The third-order valence-corrected chi connectivity index (χ3v) is 3.79. The lowest BCUT2D eigenvalue weighted by Crippen LogP contribution is -2.14. The number of aromatic nitrogens is 2. The summed E-state index contributed by atoms with van der Waals surface area (Å²) in [6.07, 6.45) is 5.00. The van der Waals surface area contributed by atoms with E-state index in [4.69, 9.17) is 10.5 Å². The van der Waals surface area contributed by atoms with Crippen molar-refractivity contribution in [1.29, 1.82) is 0 Å². The third-order valence-electron chi connectivity index (χ3n) is 3.79. The molecule has 1 amide bonds. The molecule has 3 aromatic rings. The maximum atomic E-state index is 13.4. The Morgan fingerprint density at radius 3 is 2.76 bits per heavy atom. The van der Waals surface area contributed by atoms with E-state index >= 15 is 0 Å². The number of hydrogen-bond acceptors (Lipinski definition) is 4. The van der Waals surface area contributed by atoms with Crippen LogP contribution in [0.1, 0.15) is 5.56 Å². The van der Waals surface area contributed by atoms with Crippen molar-refractivity contribution in [1.82, 2.24) is 9.97 Å². The van der Waals surface area contributed by atoms with Gasteiger partial charge in [0.15, 0.2) is 0 Å². The van der Waals surface area contributed by atoms with Crippen molar-refractivity contribution in [2.24, 2.45) is 5.73 Å². The van der Waals surface area contributed by atoms with E-state index in [1.54, 1.807) is 30.7 Å². The minimum atomic E-state index is -0.427. The van der Waals surface area contributed by atoms with Gasteiger partial charge in [-0.1, -0.05) is 0 Å². The Morgan fingerprint density at radius 1 is 1.16 bits per heavy atom. The Kier molecular flexibility index (Phi) is 4.70. The Labute approximate surface area is 144 Å². The predicted octanol–water partition coefficient (Wildman–Crippen LogP) is 2.99. The van der Waals surface area contributed by atoms with E-state index in [2.05, 4.69) is 9.97 Å². The quantitative estimate of drug-likeness (QED) is 0.776. The molecule has 2 N–H and O–H groups in total. The molecule has 0 aliphatic rings. The number of amides is 1. The molecule has 0 aliphatic heterocycles. The van der Waals surface area contributed by atoms with Gasteiger partial charge in [0.2, 0.25) is 5.91 Å². The number of halogens is 1. The molecule has 0 bridgehead atoms. The van der Waals surface area contributed by atoms with E-state index in [9.17, 15) is 9.18 Å². The number of rotatable bonds is 5. The Hall–Kier alpha value is -3.28. The Morgan fingerprint density at radius 2 is 2.00 bits per heavy atom. The van der Waals surface area contributed by atoms with E-state index < -0.39 is 5.91 Å². The summed E-state index contributed by atoms with van der Waals surface area (Å²) in [5.41, 5.74) is 8.99. The molecule has 0 radical (unpaired) electrons. The van der Waals surface area contributed by atoms with Crippen molar-refractivity contribution in [2.45, 2.75) is 6.42 Å². The van der Waals surface area contributed by atoms with Crippen molar-refractivity contribution in [3.8, 4) is 28.1 Å². The number of carbonyl (C=O) groups excluding carboxylic acids is 1. The van der Waals surface area contributed by atoms with Crippen LogP contribution in [0.3, 0.4) is 0 Å². The standard InChI is InChI=1S/C19H16FN3O2/c1-25-18-10-14(20)2-3-15(18)12-5-7-23-17(8-12)16-11-22-6-4-13(16)9-19(21)24/h2-8,10-11H,9H2,1H3,(H2,21,24). The highest BCUT2D eigenvalue weighted by Gasteiger charge is 2.12. The lowest BCUT2D eigenvalue weighted by Gasteiger charge is -2.11. The van der Waals surface area contributed by atoms with Crippen LogP contribution in [-0.4, -0.2) is 23.0 Å². The first-order valence-electron chi connectivity index (χ1n) is 7.60. The molecule has 0 saturated carbocycles. The van der Waals surface area contributed by atoms with Crippen LogP contribution in [0.5, 0.6) is 5.75 Å². The van der Waals surface area contributed by atoms with Gasteiger partial charge in [-0.2, -0.15) is 0 Å². The second-order valence-electron chi connectivity index (χ2n) is 5.45. The molecule has 3 rings (SSSR count). The summed E-state index contributed by atoms with van der Waals surface area (Å²) >= 11 is 0. The van der Waals surface area contributed by atoms with Gasteiger partial charge in [-0.15, -0.1) is 0 Å². The van der Waals surface area contributed by atoms with Crippen molar-refractivity contribution in [3.63, 3.8) is 0 Å². The summed E-state index contributed by atoms with van der Waals surface area (Å²) in [5, 5.41) is 0. The van der Waals surface area contributed by atoms with Gasteiger partial charge in [-0.05, 0) is 41.5 Å². The molecular weight excluding hydrogens is 321 g/mol. The Bertz CT molecular complexity index is 928. The van der Waals surface area contributed by atoms with Gasteiger partial charge in [-0.3, -0.25) is 14.8 Å². The zero-order valence-corrected chi connectivity index (χ0v) is 13.6. The largest absolute Gasteiger partial charge is 0.496 e. The molecule has 0 aliphatic carbocycles. The van der Waals surface area contributed by atoms with Gasteiger partial charge in [0.25, 0.3) is 0 Å². The molecule has 2 heterocycles. The molecule has 0 spiro atoms. The predicted molar refractivity (Wildman–Crippen MR) is 92.3 cm³/mol. The van der Waals surface area contributed by atoms with E-state index in [1.165, 1.54) is 19.2 Å². The van der Waals surface area contributed by atoms with Crippen molar-refractivity contribution >= 4 is 5.91 Å². The van der Waals surface area contributed by atoms with Crippen LogP contribution in [-0.2, 0) is 11.2 Å². The van der Waals surface area contributed by atoms with Gasteiger partial charge in [0.05, 0.1) is 19.2 Å². The molecule has 1 aromatic carbocycles. The molecule has 0 saturated heterocycles. The summed E-state index contributed by atoms with van der Waals surface area (Å²) < 4.78 is 18.7. The number of nitrogens with two attached hydrogens (primary N) is 1. The minimum Gasteiger partial charge on any atom is -0.496 e. The third kappa shape index (κ3) is 3.63. The van der Waals surface area contributed by atoms with Gasteiger partial charge < -0.3 is 10.5 Å². The number of methoxy groups -OCH3 is 1. The molecule has 0 atom stereocenters. The highest BCUT2D eigenvalue weighted by Crippen LogP contribution is 2.32. The topological polar surface area (TPSA) is 78.1 Å². The first-order chi connectivity index (χ1) is 12.1. The fourth-order valence-electron chi connectivity index (χ4n) is 2.64. The van der Waals surface area contributed by atoms with Crippen LogP contribution in [0.25, 0.3) is 22.4 Å². The van der Waals surface area contributed by atoms with E-state index in [-0.39, 0.29) is 12.2 Å². The van der Waals surface area contributed by atoms with E-state index in [1.807, 2.05) is 12.1 Å². The molecule has 126 valence electrons. The first-order valence-corrected chi connectivity index (χ1v) is 7.60. The van der Waals surface area contributed by atoms with Crippen LogP contribution in [0, 0.1) is 5.82 Å². The smallest absolute Gasteiger partial charge is 0.221 e. The summed E-state index contributed by atoms with van der Waals surface area (Å²) in [6.45, 7) is 0. The fraction of sp³-hybridized carbons (Fsp3) is 0.105. The summed E-state index contributed by atoms with van der Waals surface area (Å²) in [7, 11) is 1.49. The second-order valence-corrected chi connectivity index (χ2v) is 5.45. The number of benzene rings is 1. The van der Waals surface area contributed by atoms with Gasteiger partial charge >= 0.3 is 0 Å². The van der Waals surface area contributed by atoms with Gasteiger partial charge in [-0.25, -0.2) is 4.39 Å². The maximum absolute atomic E-state index is 13.4. The van der Waals surface area contributed by atoms with Crippen LogP contribution in [0.15, 0.2) is 55.0 Å². The molecule has 25 heavy (non-hydrogen) atoms. The molecule has 6 heteroatoms. The number of pyridine rings is 2. The molecule has 0 fully saturated rings. The second kappa shape index (κ2) is 7.09. The normalized spacial score (nSPS) is 10.5. The van der Waals surface area contributed by atoms with Crippen LogP contribution < -0.4 is 10.5 Å². The monoisotopic (exact) mass is 337 g/mol. The average Bonchev–Trinajstić information content (AvgIpc) is 2.61. The molecule has 2 aromatic heterocycles. The Balaban J connectivity index is 2.08. The van der Waals surface area contributed by atoms with E-state index in [0.29, 0.717) is 11.4 Å². The summed E-state index contributed by atoms with van der Waals surface area (Å²) in [6, 6.07) is 9.76. The molecular formula is C19H16FN3O2. The lowest BCUT2D eigenvalue weighted by atomic mass is 10.00. The number of nitrogens with zero attached hydrogens (tertiary/aromatic N) is 2. The number of hydrogen-bond donors (Lipinski definition) is 1. The number of ether oxygens (including phenoxy) is 1. The minimum absolute atomic E-state index is 0.101. The summed E-state index contributed by atoms with van der Waals surface area (Å²) in [5.74, 6) is -0.365. The first kappa shape index (κ1) is 16.6. The van der Waals surface area contributed by atoms with Crippen molar-refractivity contribution in [2.75, 3.05) is 7.11 Å². The molecule has 5 nitrogen and oxygen atoms in total. The highest BCUT2D eigenvalue weighted by atomic mass is 19.1. The highest BCUT2D eigenvalue weighted by molar-refractivity contribution is 5.81. The average molecular weight is 337 g/mol. The summed E-state index contributed by atoms with van der Waals surface area (Å²) in [4.78, 5) is 19.8. The fourth-order valence-corrected chi connectivity index (χ4v) is 2.64. The zero-order chi connectivity index (χ0) is 17.8. The van der Waals surface area contributed by atoms with E-state index in [0.717, 1.165) is 22.3 Å². The zero-order valence-electron chi connectivity index (χ0n) is 13.6. The number of primary amides is 1. The van der Waals surface area contributed by atoms with Gasteiger partial charge in [0, 0.05) is 35.8 Å². The molecule has 0 unspecified atom stereocenters. The maximum Gasteiger partial charge on any atom is 0.221 e. The van der Waals surface area contributed by atoms with Crippen molar-refractivity contribution in [3.05, 3.63) is 66.4 Å². The van der Waals surface area contributed by atoms with Crippen LogP contribution >= 0.6 is 0 Å².